The van der Waals surface area contributed by atoms with Crippen molar-refractivity contribution in [3.63, 3.8) is 0 Å². The highest BCUT2D eigenvalue weighted by atomic mass is 16.7. The van der Waals surface area contributed by atoms with E-state index in [1.807, 2.05) is 47.6 Å². The standard InChI is InChI=1S/C15H23BN2O3/c1-10(2)18-13(19)12-8-7-11(9-17-12)16-20-14(3,4)15(5,6)21-16/h7-10H,1-6H3,(H,18,19). The zero-order valence-electron chi connectivity index (χ0n) is 13.6. The molecule has 21 heavy (non-hydrogen) atoms. The Bertz CT molecular complexity index is 510. The van der Waals surface area contributed by atoms with Crippen molar-refractivity contribution in [1.82, 2.24) is 10.3 Å². The largest absolute Gasteiger partial charge is 0.496 e. The molecule has 1 N–H and O–H groups in total. The van der Waals surface area contributed by atoms with Gasteiger partial charge in [0.1, 0.15) is 5.69 Å². The summed E-state index contributed by atoms with van der Waals surface area (Å²) in [6.07, 6.45) is 1.64. The Morgan fingerprint density at radius 3 is 2.19 bits per heavy atom. The Morgan fingerprint density at radius 2 is 1.76 bits per heavy atom. The summed E-state index contributed by atoms with van der Waals surface area (Å²) in [5, 5.41) is 2.81. The second-order valence-electron chi connectivity index (χ2n) is 6.69. The molecule has 5 nitrogen and oxygen atoms in total. The number of carbonyl (C=O) groups is 1. The normalized spacial score (nSPS) is 19.9. The summed E-state index contributed by atoms with van der Waals surface area (Å²) in [4.78, 5) is 16.1. The van der Waals surface area contributed by atoms with E-state index in [2.05, 4.69) is 10.3 Å². The third kappa shape index (κ3) is 3.27. The molecule has 1 aliphatic heterocycles. The summed E-state index contributed by atoms with van der Waals surface area (Å²) >= 11 is 0. The minimum absolute atomic E-state index is 0.0853. The van der Waals surface area contributed by atoms with Gasteiger partial charge >= 0.3 is 7.12 Å². The van der Waals surface area contributed by atoms with E-state index in [1.165, 1.54) is 0 Å². The maximum absolute atomic E-state index is 11.9. The van der Waals surface area contributed by atoms with Gasteiger partial charge in [-0.05, 0) is 47.6 Å². The average Bonchev–Trinajstić information content (AvgIpc) is 2.58. The Balaban J connectivity index is 2.12. The van der Waals surface area contributed by atoms with E-state index >= 15 is 0 Å². The molecule has 1 aromatic rings. The van der Waals surface area contributed by atoms with Crippen LogP contribution in [0.1, 0.15) is 52.0 Å². The van der Waals surface area contributed by atoms with Gasteiger partial charge in [0.15, 0.2) is 0 Å². The van der Waals surface area contributed by atoms with Gasteiger partial charge < -0.3 is 14.6 Å². The predicted octanol–water partition coefficient (Wildman–Crippen LogP) is 1.52. The molecule has 1 aromatic heterocycles. The zero-order valence-corrected chi connectivity index (χ0v) is 13.6. The highest BCUT2D eigenvalue weighted by Gasteiger charge is 2.51. The lowest BCUT2D eigenvalue weighted by Crippen LogP contribution is -2.41. The Labute approximate surface area is 126 Å². The number of hydrogen-bond donors (Lipinski definition) is 1. The van der Waals surface area contributed by atoms with E-state index in [1.54, 1.807) is 12.3 Å². The van der Waals surface area contributed by atoms with Crippen molar-refractivity contribution in [2.75, 3.05) is 0 Å². The van der Waals surface area contributed by atoms with Crippen LogP contribution < -0.4 is 10.8 Å². The van der Waals surface area contributed by atoms with Gasteiger partial charge in [-0.3, -0.25) is 9.78 Å². The Morgan fingerprint density at radius 1 is 1.19 bits per heavy atom. The van der Waals surface area contributed by atoms with Crippen molar-refractivity contribution < 1.29 is 14.1 Å². The number of nitrogens with zero attached hydrogens (tertiary/aromatic N) is 1. The fourth-order valence-corrected chi connectivity index (χ4v) is 1.99. The van der Waals surface area contributed by atoms with Crippen molar-refractivity contribution in [3.8, 4) is 0 Å². The summed E-state index contributed by atoms with van der Waals surface area (Å²) in [5.74, 6) is -0.175. The van der Waals surface area contributed by atoms with Crippen molar-refractivity contribution in [2.24, 2.45) is 0 Å². The topological polar surface area (TPSA) is 60.5 Å². The molecule has 0 spiro atoms. The Hall–Kier alpha value is -1.40. The van der Waals surface area contributed by atoms with E-state index in [4.69, 9.17) is 9.31 Å². The highest BCUT2D eigenvalue weighted by Crippen LogP contribution is 2.36. The van der Waals surface area contributed by atoms with Gasteiger partial charge in [-0.25, -0.2) is 0 Å². The van der Waals surface area contributed by atoms with Crippen LogP contribution in [0.2, 0.25) is 0 Å². The summed E-state index contributed by atoms with van der Waals surface area (Å²) in [6, 6.07) is 3.60. The van der Waals surface area contributed by atoms with Crippen molar-refractivity contribution in [2.45, 2.75) is 58.8 Å². The number of pyridine rings is 1. The van der Waals surface area contributed by atoms with Crippen LogP contribution in [0.5, 0.6) is 0 Å². The first-order chi connectivity index (χ1) is 9.62. The van der Waals surface area contributed by atoms with Gasteiger partial charge in [-0.1, -0.05) is 6.07 Å². The maximum Gasteiger partial charge on any atom is 0.496 e. The van der Waals surface area contributed by atoms with E-state index in [9.17, 15) is 4.79 Å². The van der Waals surface area contributed by atoms with Gasteiger partial charge in [-0.2, -0.15) is 0 Å². The third-order valence-electron chi connectivity index (χ3n) is 3.96. The predicted molar refractivity (Wildman–Crippen MR) is 82.6 cm³/mol. The fourth-order valence-electron chi connectivity index (χ4n) is 1.99. The molecule has 0 saturated carbocycles. The first kappa shape index (κ1) is 16.0. The molecule has 0 aliphatic carbocycles. The van der Waals surface area contributed by atoms with Crippen LogP contribution in [0, 0.1) is 0 Å². The SMILES string of the molecule is CC(C)NC(=O)c1ccc(B2OC(C)(C)C(C)(C)O2)cn1. The average molecular weight is 290 g/mol. The minimum Gasteiger partial charge on any atom is -0.399 e. The maximum atomic E-state index is 11.9. The van der Waals surface area contributed by atoms with Crippen LogP contribution >= 0.6 is 0 Å². The Kier molecular flexibility index (Phi) is 4.13. The lowest BCUT2D eigenvalue weighted by Gasteiger charge is -2.32. The second kappa shape index (κ2) is 5.42. The van der Waals surface area contributed by atoms with E-state index in [0.29, 0.717) is 5.69 Å². The summed E-state index contributed by atoms with van der Waals surface area (Å²) in [7, 11) is -0.454. The van der Waals surface area contributed by atoms with Crippen LogP contribution in [0.15, 0.2) is 18.3 Å². The molecular weight excluding hydrogens is 267 g/mol. The van der Waals surface area contributed by atoms with Gasteiger partial charge in [0.2, 0.25) is 0 Å². The van der Waals surface area contributed by atoms with Crippen LogP contribution in [0.4, 0.5) is 0 Å². The zero-order chi connectivity index (χ0) is 15.8. The molecule has 1 fully saturated rings. The minimum atomic E-state index is -0.454. The molecule has 0 atom stereocenters. The molecule has 2 heterocycles. The van der Waals surface area contributed by atoms with E-state index < -0.39 is 7.12 Å². The molecule has 0 bridgehead atoms. The molecule has 1 saturated heterocycles. The number of aromatic nitrogens is 1. The molecule has 2 rings (SSSR count). The number of amides is 1. The summed E-state index contributed by atoms with van der Waals surface area (Å²) in [5.41, 5.74) is 0.440. The number of rotatable bonds is 3. The van der Waals surface area contributed by atoms with Gasteiger partial charge in [-0.15, -0.1) is 0 Å². The second-order valence-corrected chi connectivity index (χ2v) is 6.69. The first-order valence-corrected chi connectivity index (χ1v) is 7.25. The van der Waals surface area contributed by atoms with E-state index in [-0.39, 0.29) is 23.2 Å². The molecule has 0 radical (unpaired) electrons. The lowest BCUT2D eigenvalue weighted by atomic mass is 9.80. The molecule has 6 heteroatoms. The van der Waals surface area contributed by atoms with Gasteiger partial charge in [0.05, 0.1) is 11.2 Å². The summed E-state index contributed by atoms with van der Waals surface area (Å²) < 4.78 is 11.9. The third-order valence-corrected chi connectivity index (χ3v) is 3.96. The fraction of sp³-hybridized carbons (Fsp3) is 0.600. The van der Waals surface area contributed by atoms with Gasteiger partial charge in [0.25, 0.3) is 5.91 Å². The van der Waals surface area contributed by atoms with Crippen LogP contribution in [0.3, 0.4) is 0 Å². The van der Waals surface area contributed by atoms with Crippen LogP contribution in [-0.2, 0) is 9.31 Å². The van der Waals surface area contributed by atoms with Gasteiger partial charge in [0, 0.05) is 17.7 Å². The monoisotopic (exact) mass is 290 g/mol. The highest BCUT2D eigenvalue weighted by molar-refractivity contribution is 6.62. The van der Waals surface area contributed by atoms with Crippen molar-refractivity contribution >= 4 is 18.5 Å². The smallest absolute Gasteiger partial charge is 0.399 e. The van der Waals surface area contributed by atoms with Crippen molar-refractivity contribution in [1.29, 1.82) is 0 Å². The number of hydrogen-bond acceptors (Lipinski definition) is 4. The molecule has 0 aromatic carbocycles. The molecule has 114 valence electrons. The molecule has 1 aliphatic rings. The van der Waals surface area contributed by atoms with Crippen molar-refractivity contribution in [3.05, 3.63) is 24.0 Å². The summed E-state index contributed by atoms with van der Waals surface area (Å²) in [6.45, 7) is 11.8. The quantitative estimate of drug-likeness (QED) is 0.857. The number of nitrogens with one attached hydrogen (secondary N) is 1. The van der Waals surface area contributed by atoms with E-state index in [0.717, 1.165) is 5.46 Å². The lowest BCUT2D eigenvalue weighted by molar-refractivity contribution is 0.00578. The first-order valence-electron chi connectivity index (χ1n) is 7.25. The molecule has 0 unspecified atom stereocenters. The van der Waals surface area contributed by atoms with Crippen LogP contribution in [-0.4, -0.2) is 35.3 Å². The molecule has 1 amide bonds. The van der Waals surface area contributed by atoms with Crippen LogP contribution in [0.25, 0.3) is 0 Å². The number of carbonyl (C=O) groups excluding carboxylic acids is 1. The molecular formula is C15H23BN2O3.